The number of benzene rings is 2. The van der Waals surface area contributed by atoms with E-state index in [1.54, 1.807) is 6.07 Å². The van der Waals surface area contributed by atoms with Gasteiger partial charge in [-0.1, -0.05) is 24.4 Å². The highest BCUT2D eigenvalue weighted by molar-refractivity contribution is 9.10. The van der Waals surface area contributed by atoms with Crippen molar-refractivity contribution in [3.63, 3.8) is 0 Å². The largest absolute Gasteiger partial charge is 0.389 e. The number of nitrogens with two attached hydrogens (primary N) is 1. The summed E-state index contributed by atoms with van der Waals surface area (Å²) in [6.45, 7) is 0. The molecule has 0 aliphatic carbocycles. The smallest absolute Gasteiger partial charge is 0.261 e. The molecule has 2 aromatic rings. The molecule has 4 nitrogen and oxygen atoms in total. The van der Waals surface area contributed by atoms with Crippen molar-refractivity contribution in [3.05, 3.63) is 58.3 Å². The Kier molecular flexibility index (Phi) is 4.60. The molecule has 21 heavy (non-hydrogen) atoms. The van der Waals surface area contributed by atoms with E-state index in [0.717, 1.165) is 6.07 Å². The molecular formula is C13H10BrFN2O2S2. The molecule has 2 aromatic carbocycles. The van der Waals surface area contributed by atoms with Crippen LogP contribution in [0.5, 0.6) is 0 Å². The molecule has 0 aromatic heterocycles. The standard InChI is InChI=1S/C13H10BrFN2O2S2/c14-11-5-4-9(15)7-12(11)17-21(18,19)10-3-1-2-8(6-10)13(16)20/h1-7,17H,(H2,16,20). The van der Waals surface area contributed by atoms with Crippen LogP contribution in [0.4, 0.5) is 10.1 Å². The fourth-order valence-electron chi connectivity index (χ4n) is 1.60. The third-order valence-electron chi connectivity index (χ3n) is 2.60. The summed E-state index contributed by atoms with van der Waals surface area (Å²) in [5.41, 5.74) is 6.03. The number of sulfonamides is 1. The van der Waals surface area contributed by atoms with Crippen LogP contribution in [-0.2, 0) is 10.0 Å². The van der Waals surface area contributed by atoms with Crippen LogP contribution in [0.3, 0.4) is 0 Å². The summed E-state index contributed by atoms with van der Waals surface area (Å²) >= 11 is 7.98. The van der Waals surface area contributed by atoms with Crippen LogP contribution >= 0.6 is 28.1 Å². The van der Waals surface area contributed by atoms with E-state index in [4.69, 9.17) is 18.0 Å². The van der Waals surface area contributed by atoms with Gasteiger partial charge in [0.1, 0.15) is 10.8 Å². The molecular weight excluding hydrogens is 379 g/mol. The summed E-state index contributed by atoms with van der Waals surface area (Å²) in [6.07, 6.45) is 0. The zero-order chi connectivity index (χ0) is 15.6. The number of anilines is 1. The maximum atomic E-state index is 13.2. The molecule has 0 saturated heterocycles. The minimum Gasteiger partial charge on any atom is -0.389 e. The van der Waals surface area contributed by atoms with Crippen molar-refractivity contribution in [2.45, 2.75) is 4.90 Å². The summed E-state index contributed by atoms with van der Waals surface area (Å²) in [7, 11) is -3.87. The lowest BCUT2D eigenvalue weighted by Gasteiger charge is -2.10. The molecule has 0 unspecified atom stereocenters. The topological polar surface area (TPSA) is 72.2 Å². The number of rotatable bonds is 4. The first-order valence-electron chi connectivity index (χ1n) is 5.67. The third kappa shape index (κ3) is 3.78. The maximum Gasteiger partial charge on any atom is 0.261 e. The predicted octanol–water partition coefficient (Wildman–Crippen LogP) is 3.02. The number of halogens is 2. The highest BCUT2D eigenvalue weighted by Crippen LogP contribution is 2.26. The third-order valence-corrected chi connectivity index (χ3v) is 4.89. The van der Waals surface area contributed by atoms with Crippen LogP contribution in [0.25, 0.3) is 0 Å². The Labute approximate surface area is 135 Å². The van der Waals surface area contributed by atoms with Crippen LogP contribution in [0.15, 0.2) is 51.8 Å². The highest BCUT2D eigenvalue weighted by atomic mass is 79.9. The van der Waals surface area contributed by atoms with Gasteiger partial charge in [-0.15, -0.1) is 0 Å². The van der Waals surface area contributed by atoms with Crippen LogP contribution in [0.2, 0.25) is 0 Å². The van der Waals surface area contributed by atoms with Crippen molar-refractivity contribution in [3.8, 4) is 0 Å². The second kappa shape index (κ2) is 6.08. The van der Waals surface area contributed by atoms with Gasteiger partial charge >= 0.3 is 0 Å². The van der Waals surface area contributed by atoms with Gasteiger partial charge in [0.2, 0.25) is 0 Å². The Hall–Kier alpha value is -1.51. The minimum atomic E-state index is -3.87. The fraction of sp³-hybridized carbons (Fsp3) is 0. The lowest BCUT2D eigenvalue weighted by molar-refractivity contribution is 0.601. The van der Waals surface area contributed by atoms with E-state index in [1.165, 1.54) is 30.3 Å². The molecule has 110 valence electrons. The van der Waals surface area contributed by atoms with Crippen molar-refractivity contribution < 1.29 is 12.8 Å². The van der Waals surface area contributed by atoms with Gasteiger partial charge in [0.05, 0.1) is 10.6 Å². The minimum absolute atomic E-state index is 0.0102. The van der Waals surface area contributed by atoms with E-state index in [9.17, 15) is 12.8 Å². The summed E-state index contributed by atoms with van der Waals surface area (Å²) in [6, 6.07) is 9.62. The molecule has 0 amide bonds. The maximum absolute atomic E-state index is 13.2. The molecule has 0 atom stereocenters. The molecule has 3 N–H and O–H groups in total. The SMILES string of the molecule is NC(=S)c1cccc(S(=O)(=O)Nc2cc(F)ccc2Br)c1. The summed E-state index contributed by atoms with van der Waals surface area (Å²) < 4.78 is 40.5. The summed E-state index contributed by atoms with van der Waals surface area (Å²) in [5, 5.41) is 0. The lowest BCUT2D eigenvalue weighted by Crippen LogP contribution is -2.15. The first-order chi connectivity index (χ1) is 9.79. The van der Waals surface area contributed by atoms with Gasteiger partial charge in [0.15, 0.2) is 0 Å². The van der Waals surface area contributed by atoms with Crippen LogP contribution in [0.1, 0.15) is 5.56 Å². The quantitative estimate of drug-likeness (QED) is 0.789. The van der Waals surface area contributed by atoms with E-state index < -0.39 is 15.8 Å². The monoisotopic (exact) mass is 388 g/mol. The Balaban J connectivity index is 2.41. The fourth-order valence-corrected chi connectivity index (χ4v) is 3.32. The average Bonchev–Trinajstić information content (AvgIpc) is 2.43. The van der Waals surface area contributed by atoms with Crippen LogP contribution in [-0.4, -0.2) is 13.4 Å². The van der Waals surface area contributed by atoms with Gasteiger partial charge in [-0.2, -0.15) is 0 Å². The predicted molar refractivity (Wildman–Crippen MR) is 87.2 cm³/mol. The Morgan fingerprint density at radius 1 is 1.24 bits per heavy atom. The molecule has 0 saturated carbocycles. The van der Waals surface area contributed by atoms with Gasteiger partial charge < -0.3 is 5.73 Å². The van der Waals surface area contributed by atoms with Gasteiger partial charge in [-0.25, -0.2) is 12.8 Å². The van der Waals surface area contributed by atoms with Crippen LogP contribution < -0.4 is 10.5 Å². The Bertz CT molecular complexity index is 810. The summed E-state index contributed by atoms with van der Waals surface area (Å²) in [5.74, 6) is -0.548. The average molecular weight is 389 g/mol. The summed E-state index contributed by atoms with van der Waals surface area (Å²) in [4.78, 5) is 0.0861. The van der Waals surface area contributed by atoms with E-state index in [0.29, 0.717) is 10.0 Å². The van der Waals surface area contributed by atoms with Gasteiger partial charge in [-0.3, -0.25) is 4.72 Å². The molecule has 2 rings (SSSR count). The lowest BCUT2D eigenvalue weighted by atomic mass is 10.2. The van der Waals surface area contributed by atoms with E-state index in [2.05, 4.69) is 20.7 Å². The van der Waals surface area contributed by atoms with Crippen molar-refractivity contribution in [1.29, 1.82) is 0 Å². The molecule has 0 aliphatic rings. The zero-order valence-corrected chi connectivity index (χ0v) is 13.7. The number of hydrogen-bond acceptors (Lipinski definition) is 3. The molecule has 0 bridgehead atoms. The first kappa shape index (κ1) is 15.9. The second-order valence-electron chi connectivity index (χ2n) is 4.12. The van der Waals surface area contributed by atoms with Crippen molar-refractivity contribution in [2.75, 3.05) is 4.72 Å². The number of thiocarbonyl (C=S) groups is 1. The molecule has 0 spiro atoms. The zero-order valence-electron chi connectivity index (χ0n) is 10.5. The van der Waals surface area contributed by atoms with E-state index in [1.807, 2.05) is 0 Å². The van der Waals surface area contributed by atoms with Gasteiger partial charge in [0, 0.05) is 10.0 Å². The van der Waals surface area contributed by atoms with Gasteiger partial charge in [0.25, 0.3) is 10.0 Å². The normalized spacial score (nSPS) is 11.1. The highest BCUT2D eigenvalue weighted by Gasteiger charge is 2.17. The Morgan fingerprint density at radius 2 is 1.95 bits per heavy atom. The molecule has 8 heteroatoms. The van der Waals surface area contributed by atoms with E-state index >= 15 is 0 Å². The van der Waals surface area contributed by atoms with Gasteiger partial charge in [-0.05, 0) is 46.3 Å². The molecule has 0 aliphatic heterocycles. The molecule has 0 heterocycles. The van der Waals surface area contributed by atoms with Crippen molar-refractivity contribution in [1.82, 2.24) is 0 Å². The van der Waals surface area contributed by atoms with E-state index in [-0.39, 0.29) is 15.6 Å². The second-order valence-corrected chi connectivity index (χ2v) is 7.10. The Morgan fingerprint density at radius 3 is 2.62 bits per heavy atom. The van der Waals surface area contributed by atoms with Crippen molar-refractivity contribution >= 4 is 48.8 Å². The first-order valence-corrected chi connectivity index (χ1v) is 8.36. The molecule has 0 fully saturated rings. The van der Waals surface area contributed by atoms with Crippen molar-refractivity contribution in [2.24, 2.45) is 5.73 Å². The number of nitrogens with one attached hydrogen (secondary N) is 1. The van der Waals surface area contributed by atoms with Crippen LogP contribution in [0, 0.1) is 5.82 Å². The number of hydrogen-bond donors (Lipinski definition) is 2. The molecule has 0 radical (unpaired) electrons.